The van der Waals surface area contributed by atoms with Gasteiger partial charge in [-0.3, -0.25) is 9.59 Å². The first-order chi connectivity index (χ1) is 11.5. The minimum atomic E-state index is -0.430. The summed E-state index contributed by atoms with van der Waals surface area (Å²) < 4.78 is 10.5. The van der Waals surface area contributed by atoms with Crippen LogP contribution in [0.1, 0.15) is 22.8 Å². The molecule has 0 saturated carbocycles. The summed E-state index contributed by atoms with van der Waals surface area (Å²) >= 11 is 0. The highest BCUT2D eigenvalue weighted by molar-refractivity contribution is 5.94. The van der Waals surface area contributed by atoms with Crippen LogP contribution in [0.5, 0.6) is 5.75 Å². The predicted octanol–water partition coefficient (Wildman–Crippen LogP) is 1.87. The highest BCUT2D eigenvalue weighted by Gasteiger charge is 2.13. The number of esters is 1. The molecule has 0 aliphatic rings. The van der Waals surface area contributed by atoms with Gasteiger partial charge in [0.1, 0.15) is 18.9 Å². The molecular weight excluding hydrogens is 310 g/mol. The molecule has 0 aliphatic heterocycles. The SMILES string of the molecule is COc1ccc(C(C)=O)cc1COC(=O)CN(C)c1ncccn1. The summed E-state index contributed by atoms with van der Waals surface area (Å²) in [5.74, 6) is 0.504. The zero-order chi connectivity index (χ0) is 17.5. The van der Waals surface area contributed by atoms with E-state index in [0.717, 1.165) is 0 Å². The standard InChI is InChI=1S/C17H19N3O4/c1-12(21)13-5-6-15(23-3)14(9-13)11-24-16(22)10-20(2)17-18-7-4-8-19-17/h4-9H,10-11H2,1-3H3. The van der Waals surface area contributed by atoms with Crippen molar-refractivity contribution >= 4 is 17.7 Å². The maximum absolute atomic E-state index is 12.0. The molecule has 1 aromatic heterocycles. The quantitative estimate of drug-likeness (QED) is 0.566. The fourth-order valence-corrected chi connectivity index (χ4v) is 2.07. The molecule has 2 rings (SSSR count). The van der Waals surface area contributed by atoms with E-state index in [-0.39, 0.29) is 18.9 Å². The molecule has 7 nitrogen and oxygen atoms in total. The van der Waals surface area contributed by atoms with Gasteiger partial charge in [0.2, 0.25) is 5.95 Å². The summed E-state index contributed by atoms with van der Waals surface area (Å²) in [4.78, 5) is 33.2. The molecule has 0 radical (unpaired) electrons. The van der Waals surface area contributed by atoms with E-state index in [9.17, 15) is 9.59 Å². The van der Waals surface area contributed by atoms with E-state index in [2.05, 4.69) is 9.97 Å². The number of carbonyl (C=O) groups excluding carboxylic acids is 2. The van der Waals surface area contributed by atoms with Gasteiger partial charge in [0, 0.05) is 30.6 Å². The molecule has 2 aromatic rings. The molecule has 0 fully saturated rings. The molecule has 1 heterocycles. The summed E-state index contributed by atoms with van der Waals surface area (Å²) in [6.45, 7) is 1.51. The lowest BCUT2D eigenvalue weighted by Crippen LogP contribution is -2.28. The van der Waals surface area contributed by atoms with Gasteiger partial charge in [0.05, 0.1) is 7.11 Å². The number of ether oxygens (including phenoxy) is 2. The second-order valence-electron chi connectivity index (χ2n) is 5.15. The Kier molecular flexibility index (Phi) is 5.83. The number of Topliss-reactive ketones (excluding diaryl/α,β-unsaturated/α-hetero) is 1. The van der Waals surface area contributed by atoms with Gasteiger partial charge >= 0.3 is 5.97 Å². The van der Waals surface area contributed by atoms with Crippen LogP contribution >= 0.6 is 0 Å². The Morgan fingerprint density at radius 1 is 1.21 bits per heavy atom. The van der Waals surface area contributed by atoms with Crippen LogP contribution in [-0.4, -0.2) is 42.4 Å². The van der Waals surface area contributed by atoms with Gasteiger partial charge in [-0.2, -0.15) is 0 Å². The van der Waals surface area contributed by atoms with Crippen LogP contribution in [0.15, 0.2) is 36.7 Å². The molecule has 0 unspecified atom stereocenters. The Bertz CT molecular complexity index is 719. The van der Waals surface area contributed by atoms with Crippen molar-refractivity contribution in [3.8, 4) is 5.75 Å². The lowest BCUT2D eigenvalue weighted by molar-refractivity contribution is -0.143. The number of benzene rings is 1. The van der Waals surface area contributed by atoms with E-state index in [1.807, 2.05) is 0 Å². The molecule has 0 aliphatic carbocycles. The molecule has 0 spiro atoms. The maximum Gasteiger partial charge on any atom is 0.325 e. The van der Waals surface area contributed by atoms with Gasteiger partial charge in [0.15, 0.2) is 5.78 Å². The van der Waals surface area contributed by atoms with Gasteiger partial charge in [-0.1, -0.05) is 0 Å². The number of ketones is 1. The summed E-state index contributed by atoms with van der Waals surface area (Å²) in [5.41, 5.74) is 1.17. The first-order valence-corrected chi connectivity index (χ1v) is 7.33. The van der Waals surface area contributed by atoms with Crippen LogP contribution in [-0.2, 0) is 16.1 Å². The highest BCUT2D eigenvalue weighted by atomic mass is 16.5. The van der Waals surface area contributed by atoms with Gasteiger partial charge in [0.25, 0.3) is 0 Å². The Balaban J connectivity index is 1.98. The summed E-state index contributed by atoms with van der Waals surface area (Å²) in [5, 5.41) is 0. The Morgan fingerprint density at radius 2 is 1.92 bits per heavy atom. The highest BCUT2D eigenvalue weighted by Crippen LogP contribution is 2.21. The van der Waals surface area contributed by atoms with Crippen molar-refractivity contribution in [2.45, 2.75) is 13.5 Å². The maximum atomic E-state index is 12.0. The third-order valence-corrected chi connectivity index (χ3v) is 3.34. The van der Waals surface area contributed by atoms with Crippen molar-refractivity contribution in [2.24, 2.45) is 0 Å². The number of aromatic nitrogens is 2. The lowest BCUT2D eigenvalue weighted by atomic mass is 10.1. The fraction of sp³-hybridized carbons (Fsp3) is 0.294. The van der Waals surface area contributed by atoms with Gasteiger partial charge < -0.3 is 14.4 Å². The number of likely N-dealkylation sites (N-methyl/N-ethyl adjacent to an activating group) is 1. The van der Waals surface area contributed by atoms with Gasteiger partial charge in [-0.05, 0) is 31.2 Å². The Labute approximate surface area is 140 Å². The normalized spacial score (nSPS) is 10.1. The molecule has 0 bridgehead atoms. The minimum Gasteiger partial charge on any atom is -0.496 e. The zero-order valence-electron chi connectivity index (χ0n) is 13.9. The van der Waals surface area contributed by atoms with Crippen LogP contribution in [0.4, 0.5) is 5.95 Å². The second-order valence-corrected chi connectivity index (χ2v) is 5.15. The van der Waals surface area contributed by atoms with Crippen LogP contribution < -0.4 is 9.64 Å². The van der Waals surface area contributed by atoms with E-state index in [1.165, 1.54) is 14.0 Å². The van der Waals surface area contributed by atoms with E-state index in [1.54, 1.807) is 48.6 Å². The van der Waals surface area contributed by atoms with Crippen LogP contribution in [0.25, 0.3) is 0 Å². The molecule has 0 saturated heterocycles. The largest absolute Gasteiger partial charge is 0.496 e. The van der Waals surface area contributed by atoms with E-state index < -0.39 is 5.97 Å². The van der Waals surface area contributed by atoms with E-state index in [0.29, 0.717) is 22.8 Å². The minimum absolute atomic E-state index is 0.0126. The van der Waals surface area contributed by atoms with Crippen molar-refractivity contribution in [2.75, 3.05) is 25.6 Å². The average Bonchev–Trinajstić information content (AvgIpc) is 2.60. The lowest BCUT2D eigenvalue weighted by Gasteiger charge is -2.16. The first kappa shape index (κ1) is 17.4. The molecule has 0 amide bonds. The molecular formula is C17H19N3O4. The Hall–Kier alpha value is -2.96. The molecule has 0 atom stereocenters. The van der Waals surface area contributed by atoms with Crippen LogP contribution in [0.3, 0.4) is 0 Å². The monoisotopic (exact) mass is 329 g/mol. The third-order valence-electron chi connectivity index (χ3n) is 3.34. The second kappa shape index (κ2) is 8.05. The molecule has 1 aromatic carbocycles. The Morgan fingerprint density at radius 3 is 2.54 bits per heavy atom. The molecule has 24 heavy (non-hydrogen) atoms. The van der Waals surface area contributed by atoms with Crippen molar-refractivity contribution in [3.63, 3.8) is 0 Å². The van der Waals surface area contributed by atoms with E-state index in [4.69, 9.17) is 9.47 Å². The smallest absolute Gasteiger partial charge is 0.325 e. The third kappa shape index (κ3) is 4.52. The van der Waals surface area contributed by atoms with Crippen LogP contribution in [0, 0.1) is 0 Å². The number of hydrogen-bond acceptors (Lipinski definition) is 7. The topological polar surface area (TPSA) is 81.6 Å². The number of nitrogens with zero attached hydrogens (tertiary/aromatic N) is 3. The van der Waals surface area contributed by atoms with Crippen LogP contribution in [0.2, 0.25) is 0 Å². The fourth-order valence-electron chi connectivity index (χ4n) is 2.07. The predicted molar refractivity (Wildman–Crippen MR) is 88.1 cm³/mol. The van der Waals surface area contributed by atoms with Gasteiger partial charge in [-0.25, -0.2) is 9.97 Å². The molecule has 126 valence electrons. The van der Waals surface area contributed by atoms with Crippen molar-refractivity contribution in [3.05, 3.63) is 47.8 Å². The summed E-state index contributed by atoms with van der Waals surface area (Å²) in [6.07, 6.45) is 3.20. The molecule has 7 heteroatoms. The summed E-state index contributed by atoms with van der Waals surface area (Å²) in [7, 11) is 3.22. The van der Waals surface area contributed by atoms with Crippen molar-refractivity contribution < 1.29 is 19.1 Å². The first-order valence-electron chi connectivity index (χ1n) is 7.33. The molecule has 0 N–H and O–H groups in total. The van der Waals surface area contributed by atoms with Crippen molar-refractivity contribution in [1.29, 1.82) is 0 Å². The average molecular weight is 329 g/mol. The zero-order valence-corrected chi connectivity index (χ0v) is 13.9. The number of hydrogen-bond donors (Lipinski definition) is 0. The number of anilines is 1. The summed E-state index contributed by atoms with van der Waals surface area (Å²) in [6, 6.07) is 6.72. The number of rotatable bonds is 7. The number of methoxy groups -OCH3 is 1. The van der Waals surface area contributed by atoms with Gasteiger partial charge in [-0.15, -0.1) is 0 Å². The van der Waals surface area contributed by atoms with Crippen molar-refractivity contribution in [1.82, 2.24) is 9.97 Å². The number of carbonyl (C=O) groups is 2. The van der Waals surface area contributed by atoms with E-state index >= 15 is 0 Å².